The van der Waals surface area contributed by atoms with Gasteiger partial charge in [0.15, 0.2) is 11.6 Å². The number of benzene rings is 1. The van der Waals surface area contributed by atoms with Crippen LogP contribution in [-0.4, -0.2) is 6.54 Å². The Kier molecular flexibility index (Phi) is 4.22. The smallest absolute Gasteiger partial charge is 0.160 e. The van der Waals surface area contributed by atoms with Crippen molar-refractivity contribution in [2.75, 3.05) is 6.54 Å². The zero-order valence-corrected chi connectivity index (χ0v) is 11.4. The van der Waals surface area contributed by atoms with Crippen LogP contribution in [0.5, 0.6) is 0 Å². The first-order valence-corrected chi connectivity index (χ1v) is 6.34. The molecule has 5 heteroatoms. The lowest BCUT2D eigenvalue weighted by Gasteiger charge is -2.18. The second-order valence-electron chi connectivity index (χ2n) is 4.25. The summed E-state index contributed by atoms with van der Waals surface area (Å²) in [5.41, 5.74) is 1.38. The van der Waals surface area contributed by atoms with Gasteiger partial charge in [0.2, 0.25) is 0 Å². The van der Waals surface area contributed by atoms with E-state index in [0.29, 0.717) is 17.9 Å². The maximum Gasteiger partial charge on any atom is 0.160 e. The van der Waals surface area contributed by atoms with E-state index in [1.807, 2.05) is 19.9 Å². The molecule has 1 aromatic carbocycles. The molecule has 0 fully saturated rings. The molecule has 1 aromatic heterocycles. The number of rotatable bonds is 4. The normalized spacial score (nSPS) is 12.7. The van der Waals surface area contributed by atoms with Crippen molar-refractivity contribution in [3.8, 4) is 0 Å². The van der Waals surface area contributed by atoms with Crippen LogP contribution in [0, 0.1) is 18.6 Å². The fraction of sp³-hybridized carbons (Fsp3) is 0.286. The molecule has 1 unspecified atom stereocenters. The first-order valence-electron chi connectivity index (χ1n) is 5.96. The van der Waals surface area contributed by atoms with Gasteiger partial charge in [0, 0.05) is 5.02 Å². The molecule has 0 aliphatic rings. The van der Waals surface area contributed by atoms with Crippen molar-refractivity contribution in [2.24, 2.45) is 0 Å². The van der Waals surface area contributed by atoms with E-state index in [-0.39, 0.29) is 5.02 Å². The predicted molar refractivity (Wildman–Crippen MR) is 70.3 cm³/mol. The Morgan fingerprint density at radius 3 is 2.58 bits per heavy atom. The van der Waals surface area contributed by atoms with E-state index in [0.717, 1.165) is 17.7 Å². The second-order valence-corrected chi connectivity index (χ2v) is 4.65. The van der Waals surface area contributed by atoms with Gasteiger partial charge >= 0.3 is 0 Å². The van der Waals surface area contributed by atoms with Crippen LogP contribution in [0.2, 0.25) is 5.02 Å². The molecule has 19 heavy (non-hydrogen) atoms. The van der Waals surface area contributed by atoms with E-state index in [9.17, 15) is 8.78 Å². The zero-order valence-electron chi connectivity index (χ0n) is 10.6. The number of hydrogen-bond acceptors (Lipinski definition) is 2. The average Bonchev–Trinajstić information content (AvgIpc) is 2.77. The van der Waals surface area contributed by atoms with Crippen LogP contribution in [0.4, 0.5) is 8.78 Å². The van der Waals surface area contributed by atoms with Gasteiger partial charge in [-0.3, -0.25) is 0 Å². The van der Waals surface area contributed by atoms with Gasteiger partial charge in [-0.1, -0.05) is 18.5 Å². The number of hydrogen-bond donors (Lipinski definition) is 1. The number of halogens is 3. The Balaban J connectivity index is 2.51. The third-order valence-corrected chi connectivity index (χ3v) is 3.25. The first-order chi connectivity index (χ1) is 9.04. The molecule has 0 aliphatic heterocycles. The van der Waals surface area contributed by atoms with Crippen molar-refractivity contribution in [1.29, 1.82) is 0 Å². The molecule has 0 saturated heterocycles. The van der Waals surface area contributed by atoms with Gasteiger partial charge in [-0.15, -0.1) is 0 Å². The van der Waals surface area contributed by atoms with E-state index in [1.54, 1.807) is 6.26 Å². The molecule has 1 N–H and O–H groups in total. The fourth-order valence-electron chi connectivity index (χ4n) is 1.99. The Bertz CT molecular complexity index is 583. The Labute approximate surface area is 115 Å². The average molecular weight is 286 g/mol. The monoisotopic (exact) mass is 285 g/mol. The minimum absolute atomic E-state index is 0.167. The largest absolute Gasteiger partial charge is 0.467 e. The number of furan rings is 1. The minimum atomic E-state index is -0.958. The highest BCUT2D eigenvalue weighted by Gasteiger charge is 2.22. The van der Waals surface area contributed by atoms with Crippen molar-refractivity contribution < 1.29 is 13.2 Å². The Hall–Kier alpha value is -1.39. The van der Waals surface area contributed by atoms with Crippen LogP contribution in [0.15, 0.2) is 28.9 Å². The minimum Gasteiger partial charge on any atom is -0.467 e. The van der Waals surface area contributed by atoms with E-state index in [4.69, 9.17) is 16.0 Å². The summed E-state index contributed by atoms with van der Waals surface area (Å²) in [5, 5.41) is 3.33. The van der Waals surface area contributed by atoms with Crippen LogP contribution < -0.4 is 5.32 Å². The molecule has 2 aromatic rings. The quantitative estimate of drug-likeness (QED) is 0.851. The zero-order chi connectivity index (χ0) is 14.0. The van der Waals surface area contributed by atoms with Crippen molar-refractivity contribution >= 4 is 11.6 Å². The number of aryl methyl sites for hydroxylation is 1. The van der Waals surface area contributed by atoms with E-state index < -0.39 is 17.7 Å². The molecule has 2 nitrogen and oxygen atoms in total. The van der Waals surface area contributed by atoms with E-state index in [1.165, 1.54) is 0 Å². The molecule has 102 valence electrons. The fourth-order valence-corrected chi connectivity index (χ4v) is 2.25. The standard InChI is InChI=1S/C14H14ClF2NO/c1-3-18-13(14-8(2)4-5-19-14)9-6-11(16)12(17)7-10(9)15/h4-7,13,18H,3H2,1-2H3. The van der Waals surface area contributed by atoms with Crippen molar-refractivity contribution in [3.63, 3.8) is 0 Å². The lowest BCUT2D eigenvalue weighted by Crippen LogP contribution is -2.22. The molecule has 1 heterocycles. The maximum atomic E-state index is 13.4. The van der Waals surface area contributed by atoms with Crippen LogP contribution >= 0.6 is 11.6 Å². The van der Waals surface area contributed by atoms with Crippen molar-refractivity contribution in [1.82, 2.24) is 5.32 Å². The first kappa shape index (κ1) is 14.0. The van der Waals surface area contributed by atoms with Gasteiger partial charge in [0.25, 0.3) is 0 Å². The molecule has 0 saturated carbocycles. The van der Waals surface area contributed by atoms with E-state index >= 15 is 0 Å². The van der Waals surface area contributed by atoms with Crippen LogP contribution in [-0.2, 0) is 0 Å². The molecule has 0 radical (unpaired) electrons. The molecular weight excluding hydrogens is 272 g/mol. The molecule has 0 aliphatic carbocycles. The Morgan fingerprint density at radius 2 is 2.00 bits per heavy atom. The van der Waals surface area contributed by atoms with Crippen molar-refractivity contribution in [3.05, 3.63) is 58.0 Å². The summed E-state index contributed by atoms with van der Waals surface area (Å²) in [4.78, 5) is 0. The predicted octanol–water partition coefficient (Wildman–Crippen LogP) is 4.22. The van der Waals surface area contributed by atoms with Crippen LogP contribution in [0.3, 0.4) is 0 Å². The maximum absolute atomic E-state index is 13.4. The third kappa shape index (κ3) is 2.80. The molecule has 0 bridgehead atoms. The van der Waals surface area contributed by atoms with Crippen LogP contribution in [0.25, 0.3) is 0 Å². The van der Waals surface area contributed by atoms with E-state index in [2.05, 4.69) is 5.32 Å². The summed E-state index contributed by atoms with van der Waals surface area (Å²) in [6.07, 6.45) is 1.56. The van der Waals surface area contributed by atoms with Crippen molar-refractivity contribution in [2.45, 2.75) is 19.9 Å². The third-order valence-electron chi connectivity index (χ3n) is 2.92. The van der Waals surface area contributed by atoms with Gasteiger partial charge in [-0.05, 0) is 42.8 Å². The molecular formula is C14H14ClF2NO. The highest BCUT2D eigenvalue weighted by molar-refractivity contribution is 6.31. The van der Waals surface area contributed by atoms with Gasteiger partial charge in [-0.25, -0.2) is 8.78 Å². The summed E-state index contributed by atoms with van der Waals surface area (Å²) >= 11 is 6.01. The lowest BCUT2D eigenvalue weighted by atomic mass is 10.0. The molecule has 0 amide bonds. The molecule has 2 rings (SSSR count). The summed E-state index contributed by atoms with van der Waals surface area (Å²) < 4.78 is 32.0. The Morgan fingerprint density at radius 1 is 1.32 bits per heavy atom. The summed E-state index contributed by atoms with van der Waals surface area (Å²) in [6, 6.07) is 3.50. The SMILES string of the molecule is CCNC(c1cc(F)c(F)cc1Cl)c1occc1C. The lowest BCUT2D eigenvalue weighted by molar-refractivity contribution is 0.445. The topological polar surface area (TPSA) is 25.2 Å². The van der Waals surface area contributed by atoms with Gasteiger partial charge < -0.3 is 9.73 Å². The van der Waals surface area contributed by atoms with Gasteiger partial charge in [0.1, 0.15) is 5.76 Å². The summed E-state index contributed by atoms with van der Waals surface area (Å²) in [5.74, 6) is -1.23. The van der Waals surface area contributed by atoms with Gasteiger partial charge in [-0.2, -0.15) is 0 Å². The highest BCUT2D eigenvalue weighted by Crippen LogP contribution is 2.32. The van der Waals surface area contributed by atoms with Crippen LogP contribution in [0.1, 0.15) is 29.9 Å². The highest BCUT2D eigenvalue weighted by atomic mass is 35.5. The molecule has 1 atom stereocenters. The molecule has 0 spiro atoms. The number of nitrogens with one attached hydrogen (secondary N) is 1. The summed E-state index contributed by atoms with van der Waals surface area (Å²) in [6.45, 7) is 4.44. The summed E-state index contributed by atoms with van der Waals surface area (Å²) in [7, 11) is 0. The van der Waals surface area contributed by atoms with Gasteiger partial charge in [0.05, 0.1) is 12.3 Å². The second kappa shape index (κ2) is 5.72.